The van der Waals surface area contributed by atoms with Crippen LogP contribution in [0.1, 0.15) is 29.9 Å². The number of hydrogen-bond acceptors (Lipinski definition) is 5. The zero-order chi connectivity index (χ0) is 24.4. The molecule has 2 aromatic carbocycles. The van der Waals surface area contributed by atoms with Gasteiger partial charge in [0.15, 0.2) is 0 Å². The Morgan fingerprint density at radius 1 is 1.11 bits per heavy atom. The molecule has 1 aliphatic heterocycles. The van der Waals surface area contributed by atoms with Crippen molar-refractivity contribution in [1.29, 1.82) is 0 Å². The fourth-order valence-corrected chi connectivity index (χ4v) is 4.36. The molecule has 1 saturated heterocycles. The largest absolute Gasteiger partial charge is 0.487 e. The maximum atomic E-state index is 14.9. The number of amides is 1. The Labute approximate surface area is 203 Å². The number of nitrogens with one attached hydrogen (secondary N) is 1. The highest BCUT2D eigenvalue weighted by molar-refractivity contribution is 6.04. The van der Waals surface area contributed by atoms with Gasteiger partial charge >= 0.3 is 0 Å². The van der Waals surface area contributed by atoms with Gasteiger partial charge in [0.2, 0.25) is 0 Å². The lowest BCUT2D eigenvalue weighted by atomic mass is 10.1. The van der Waals surface area contributed by atoms with Gasteiger partial charge in [-0.2, -0.15) is 0 Å². The molecule has 35 heavy (non-hydrogen) atoms. The molecule has 0 bridgehead atoms. The highest BCUT2D eigenvalue weighted by atomic mass is 19.1. The molecular formula is C27H27FN4O3. The van der Waals surface area contributed by atoms with E-state index < -0.39 is 0 Å². The summed E-state index contributed by atoms with van der Waals surface area (Å²) in [7, 11) is 0. The Kier molecular flexibility index (Phi) is 6.37. The predicted molar refractivity (Wildman–Crippen MR) is 133 cm³/mol. The molecule has 0 radical (unpaired) electrons. The lowest BCUT2D eigenvalue weighted by Gasteiger charge is -2.37. The van der Waals surface area contributed by atoms with E-state index in [2.05, 4.69) is 10.3 Å². The number of aromatic nitrogens is 2. The third-order valence-corrected chi connectivity index (χ3v) is 5.86. The molecule has 1 fully saturated rings. The monoisotopic (exact) mass is 474 g/mol. The average molecular weight is 475 g/mol. The lowest BCUT2D eigenvalue weighted by molar-refractivity contribution is -0.00539. The number of carbonyl (C=O) groups excluding carboxylic acids is 1. The number of benzene rings is 2. The van der Waals surface area contributed by atoms with Gasteiger partial charge in [-0.1, -0.05) is 12.1 Å². The van der Waals surface area contributed by atoms with Crippen molar-refractivity contribution >= 4 is 22.9 Å². The van der Waals surface area contributed by atoms with E-state index >= 15 is 0 Å². The van der Waals surface area contributed by atoms with Crippen LogP contribution in [0, 0.1) is 5.82 Å². The quantitative estimate of drug-likeness (QED) is 0.430. The van der Waals surface area contributed by atoms with Gasteiger partial charge in [0.25, 0.3) is 5.91 Å². The van der Waals surface area contributed by atoms with Crippen LogP contribution in [0.3, 0.4) is 0 Å². The third kappa shape index (κ3) is 5.27. The molecule has 180 valence electrons. The van der Waals surface area contributed by atoms with Crippen LogP contribution in [-0.2, 0) is 11.3 Å². The van der Waals surface area contributed by atoms with E-state index in [0.717, 1.165) is 11.3 Å². The first kappa shape index (κ1) is 22.9. The second-order valence-corrected chi connectivity index (χ2v) is 8.80. The molecule has 5 rings (SSSR count). The van der Waals surface area contributed by atoms with Gasteiger partial charge in [0.1, 0.15) is 23.8 Å². The van der Waals surface area contributed by atoms with Crippen LogP contribution >= 0.6 is 0 Å². The van der Waals surface area contributed by atoms with Crippen LogP contribution in [0.15, 0.2) is 73.1 Å². The maximum absolute atomic E-state index is 14.9. The van der Waals surface area contributed by atoms with Gasteiger partial charge in [0.05, 0.1) is 23.6 Å². The van der Waals surface area contributed by atoms with Crippen molar-refractivity contribution in [2.24, 2.45) is 0 Å². The number of morpholine rings is 1. The SMILES string of the molecule is CC1CN(c2ccc(NC(=O)c3cccc(OCc4cn5ccccc5n4)c3)cc2F)CC(C)O1. The highest BCUT2D eigenvalue weighted by Crippen LogP contribution is 2.26. The molecule has 4 aromatic rings. The van der Waals surface area contributed by atoms with Crippen molar-refractivity contribution in [3.05, 3.63) is 90.1 Å². The molecule has 8 heteroatoms. The Morgan fingerprint density at radius 3 is 2.71 bits per heavy atom. The van der Waals surface area contributed by atoms with Crippen LogP contribution in [0.4, 0.5) is 15.8 Å². The number of ether oxygens (including phenoxy) is 2. The Hall–Kier alpha value is -3.91. The summed E-state index contributed by atoms with van der Waals surface area (Å²) < 4.78 is 28.4. The molecule has 1 N–H and O–H groups in total. The average Bonchev–Trinajstić information content (AvgIpc) is 3.25. The summed E-state index contributed by atoms with van der Waals surface area (Å²) in [6, 6.07) is 17.4. The van der Waals surface area contributed by atoms with E-state index in [1.165, 1.54) is 6.07 Å². The summed E-state index contributed by atoms with van der Waals surface area (Å²) >= 11 is 0. The van der Waals surface area contributed by atoms with Crippen LogP contribution in [0.25, 0.3) is 5.65 Å². The minimum atomic E-state index is -0.381. The standard InChI is InChI=1S/C27H27FN4O3/c1-18-14-32(15-19(2)35-18)25-10-9-21(13-24(25)28)30-27(33)20-6-5-7-23(12-20)34-17-22-16-31-11-4-3-8-26(31)29-22/h3-13,16,18-19H,14-15,17H2,1-2H3,(H,30,33). The topological polar surface area (TPSA) is 68.1 Å². The molecule has 3 heterocycles. The molecule has 0 spiro atoms. The van der Waals surface area contributed by atoms with Crippen molar-refractivity contribution in [1.82, 2.24) is 9.38 Å². The van der Waals surface area contributed by atoms with Crippen molar-refractivity contribution in [2.45, 2.75) is 32.7 Å². The second-order valence-electron chi connectivity index (χ2n) is 8.80. The first-order valence-electron chi connectivity index (χ1n) is 11.6. The van der Waals surface area contributed by atoms with E-state index in [9.17, 15) is 9.18 Å². The van der Waals surface area contributed by atoms with Crippen LogP contribution in [0.5, 0.6) is 5.75 Å². The number of nitrogens with zero attached hydrogens (tertiary/aromatic N) is 3. The number of anilines is 2. The summed E-state index contributed by atoms with van der Waals surface area (Å²) in [5, 5.41) is 2.77. The number of pyridine rings is 1. The van der Waals surface area contributed by atoms with Gasteiger partial charge in [-0.25, -0.2) is 9.37 Å². The van der Waals surface area contributed by atoms with E-state index in [-0.39, 0.29) is 30.5 Å². The Morgan fingerprint density at radius 2 is 1.94 bits per heavy atom. The summed E-state index contributed by atoms with van der Waals surface area (Å²) in [5.74, 6) is -0.177. The van der Waals surface area contributed by atoms with E-state index in [4.69, 9.17) is 9.47 Å². The number of hydrogen-bond donors (Lipinski definition) is 1. The molecule has 2 aromatic heterocycles. The molecule has 2 atom stereocenters. The van der Waals surface area contributed by atoms with Crippen LogP contribution < -0.4 is 15.0 Å². The molecule has 1 amide bonds. The first-order chi connectivity index (χ1) is 16.9. The molecule has 7 nitrogen and oxygen atoms in total. The van der Waals surface area contributed by atoms with E-state index in [1.54, 1.807) is 36.4 Å². The first-order valence-corrected chi connectivity index (χ1v) is 11.6. The predicted octanol–water partition coefficient (Wildman–Crippen LogP) is 4.92. The van der Waals surface area contributed by atoms with E-state index in [0.29, 0.717) is 35.8 Å². The van der Waals surface area contributed by atoms with Crippen molar-refractivity contribution in [3.8, 4) is 5.75 Å². The lowest BCUT2D eigenvalue weighted by Crippen LogP contribution is -2.45. The van der Waals surface area contributed by atoms with Gasteiger partial charge in [-0.15, -0.1) is 0 Å². The fraction of sp³-hybridized carbons (Fsp3) is 0.259. The minimum Gasteiger partial charge on any atom is -0.487 e. The Balaban J connectivity index is 1.23. The zero-order valence-electron chi connectivity index (χ0n) is 19.6. The number of rotatable bonds is 6. The number of halogens is 1. The molecule has 1 aliphatic rings. The highest BCUT2D eigenvalue weighted by Gasteiger charge is 2.24. The number of fused-ring (bicyclic) bond motifs is 1. The summed E-state index contributed by atoms with van der Waals surface area (Å²) in [5.41, 5.74) is 2.94. The van der Waals surface area contributed by atoms with Crippen LogP contribution in [0.2, 0.25) is 0 Å². The van der Waals surface area contributed by atoms with Crippen molar-refractivity contribution in [2.75, 3.05) is 23.3 Å². The van der Waals surface area contributed by atoms with Crippen molar-refractivity contribution < 1.29 is 18.7 Å². The van der Waals surface area contributed by atoms with Crippen LogP contribution in [-0.4, -0.2) is 40.6 Å². The van der Waals surface area contributed by atoms with Gasteiger partial charge in [-0.3, -0.25) is 4.79 Å². The smallest absolute Gasteiger partial charge is 0.255 e. The number of carbonyl (C=O) groups is 1. The maximum Gasteiger partial charge on any atom is 0.255 e. The van der Waals surface area contributed by atoms with Gasteiger partial charge < -0.3 is 24.1 Å². The Bertz CT molecular complexity index is 1310. The molecular weight excluding hydrogens is 447 g/mol. The summed E-state index contributed by atoms with van der Waals surface area (Å²) in [6.45, 7) is 5.47. The molecule has 2 unspecified atom stereocenters. The van der Waals surface area contributed by atoms with Crippen molar-refractivity contribution in [3.63, 3.8) is 0 Å². The van der Waals surface area contributed by atoms with Gasteiger partial charge in [-0.05, 0) is 62.4 Å². The third-order valence-electron chi connectivity index (χ3n) is 5.86. The van der Waals surface area contributed by atoms with E-state index in [1.807, 2.05) is 53.7 Å². The number of imidazole rings is 1. The molecule has 0 aliphatic carbocycles. The summed E-state index contributed by atoms with van der Waals surface area (Å²) in [6.07, 6.45) is 3.88. The summed E-state index contributed by atoms with van der Waals surface area (Å²) in [4.78, 5) is 19.3. The fourth-order valence-electron chi connectivity index (χ4n) is 4.36. The van der Waals surface area contributed by atoms with Gasteiger partial charge in [0, 0.05) is 36.7 Å². The molecule has 0 saturated carbocycles. The zero-order valence-corrected chi connectivity index (χ0v) is 19.6. The normalized spacial score (nSPS) is 18.0. The second kappa shape index (κ2) is 9.76. The minimum absolute atomic E-state index is 0.0275.